The molecule has 0 aliphatic heterocycles. The minimum atomic E-state index is -0.838. The van der Waals surface area contributed by atoms with Crippen molar-refractivity contribution in [2.45, 2.75) is 45.2 Å². The normalized spacial score (nSPS) is 12.3. The average molecular weight is 558 g/mol. The molecule has 1 atom stereocenters. The van der Waals surface area contributed by atoms with E-state index in [9.17, 15) is 14.4 Å². The molecule has 1 unspecified atom stereocenters. The summed E-state index contributed by atoms with van der Waals surface area (Å²) in [4.78, 5) is 34.3. The summed E-state index contributed by atoms with van der Waals surface area (Å²) < 4.78 is 0.711. The SMILES string of the molecule is CCN(CC)C(=O)O.CCN(CC)C(=O)O.CCN(CC)C(=O)O.[Zr][CH]1C=Cc2ccccc21. The molecule has 9 nitrogen and oxygen atoms in total. The van der Waals surface area contributed by atoms with E-state index in [1.807, 2.05) is 41.5 Å². The van der Waals surface area contributed by atoms with Crippen LogP contribution in [0.1, 0.15) is 56.3 Å². The van der Waals surface area contributed by atoms with Crippen molar-refractivity contribution in [3.8, 4) is 0 Å². The van der Waals surface area contributed by atoms with E-state index in [0.717, 1.165) is 0 Å². The van der Waals surface area contributed by atoms with Gasteiger partial charge in [-0.2, -0.15) is 0 Å². The second-order valence-corrected chi connectivity index (χ2v) is 8.36. The van der Waals surface area contributed by atoms with Crippen molar-refractivity contribution in [3.63, 3.8) is 0 Å². The van der Waals surface area contributed by atoms with Crippen LogP contribution in [0.5, 0.6) is 0 Å². The van der Waals surface area contributed by atoms with Crippen LogP contribution in [0.25, 0.3) is 6.08 Å². The van der Waals surface area contributed by atoms with E-state index in [1.165, 1.54) is 25.8 Å². The number of rotatable bonds is 6. The third-order valence-corrected chi connectivity index (χ3v) is 6.14. The van der Waals surface area contributed by atoms with Gasteiger partial charge in [-0.25, -0.2) is 14.4 Å². The molecule has 0 spiro atoms. The van der Waals surface area contributed by atoms with Gasteiger partial charge in [-0.1, -0.05) is 0 Å². The summed E-state index contributed by atoms with van der Waals surface area (Å²) in [5.74, 6) is 0. The summed E-state index contributed by atoms with van der Waals surface area (Å²) in [6, 6.07) is 8.60. The molecule has 1 aliphatic rings. The van der Waals surface area contributed by atoms with Crippen molar-refractivity contribution >= 4 is 24.4 Å². The molecule has 1 aromatic rings. The van der Waals surface area contributed by atoms with Gasteiger partial charge in [-0.05, 0) is 41.5 Å². The number of hydrogen-bond acceptors (Lipinski definition) is 3. The number of carboxylic acid groups (broad SMARTS) is 3. The zero-order valence-corrected chi connectivity index (χ0v) is 23.7. The third-order valence-electron chi connectivity index (χ3n) is 4.90. The predicted octanol–water partition coefficient (Wildman–Crippen LogP) is 5.32. The quantitative estimate of drug-likeness (QED) is 0.435. The monoisotopic (exact) mass is 556 g/mol. The second-order valence-electron chi connectivity index (χ2n) is 6.83. The van der Waals surface area contributed by atoms with Gasteiger partial charge in [0.2, 0.25) is 0 Å². The van der Waals surface area contributed by atoms with Gasteiger partial charge in [0.15, 0.2) is 0 Å². The summed E-state index contributed by atoms with van der Waals surface area (Å²) >= 11 is 1.59. The first kappa shape index (κ1) is 33.8. The van der Waals surface area contributed by atoms with Crippen LogP contribution in [0.3, 0.4) is 0 Å². The number of benzene rings is 1. The standard InChI is InChI=1S/C9H7.3C5H11NO2.Zr/c1-2-5-9-7-3-6-8(9)4-1;3*1-3-6(4-2)5(7)8;/h1-7H;3*3-4H2,1-2H3,(H,7,8);. The van der Waals surface area contributed by atoms with Crippen molar-refractivity contribution in [1.29, 1.82) is 0 Å². The molecule has 0 aromatic heterocycles. The Bertz CT molecular complexity index is 696. The minimum absolute atomic E-state index is 0.575. The molecule has 3 amide bonds. The van der Waals surface area contributed by atoms with Crippen molar-refractivity contribution < 1.29 is 54.4 Å². The molecule has 0 heterocycles. The molecule has 0 radical (unpaired) electrons. The maximum absolute atomic E-state index is 10.1. The Hall–Kier alpha value is -2.35. The topological polar surface area (TPSA) is 122 Å². The molecule has 10 heteroatoms. The van der Waals surface area contributed by atoms with Crippen LogP contribution < -0.4 is 0 Å². The van der Waals surface area contributed by atoms with Crippen LogP contribution in [0.15, 0.2) is 30.3 Å². The zero-order chi connectivity index (χ0) is 26.7. The van der Waals surface area contributed by atoms with Crippen LogP contribution in [-0.2, 0) is 24.7 Å². The summed E-state index contributed by atoms with van der Waals surface area (Å²) in [6.07, 6.45) is 1.98. The van der Waals surface area contributed by atoms with Crippen LogP contribution in [-0.4, -0.2) is 87.6 Å². The number of amides is 3. The summed E-state index contributed by atoms with van der Waals surface area (Å²) in [7, 11) is 0. The summed E-state index contributed by atoms with van der Waals surface area (Å²) in [6.45, 7) is 14.4. The van der Waals surface area contributed by atoms with Gasteiger partial charge in [0, 0.05) is 39.3 Å². The predicted molar refractivity (Wildman–Crippen MR) is 131 cm³/mol. The number of hydrogen-bond donors (Lipinski definition) is 3. The molecule has 34 heavy (non-hydrogen) atoms. The summed E-state index contributed by atoms with van der Waals surface area (Å²) in [5, 5.41) is 24.9. The van der Waals surface area contributed by atoms with Gasteiger partial charge < -0.3 is 30.0 Å². The van der Waals surface area contributed by atoms with E-state index < -0.39 is 18.3 Å². The Morgan fingerprint density at radius 2 is 1.03 bits per heavy atom. The fourth-order valence-electron chi connectivity index (χ4n) is 2.73. The second kappa shape index (κ2) is 20.1. The van der Waals surface area contributed by atoms with Gasteiger partial charge in [0.05, 0.1) is 0 Å². The van der Waals surface area contributed by atoms with Crippen molar-refractivity contribution in [2.24, 2.45) is 0 Å². The van der Waals surface area contributed by atoms with Crippen molar-refractivity contribution in [3.05, 3.63) is 41.5 Å². The van der Waals surface area contributed by atoms with Crippen molar-refractivity contribution in [2.75, 3.05) is 39.3 Å². The van der Waals surface area contributed by atoms with Crippen LogP contribution in [0.2, 0.25) is 0 Å². The van der Waals surface area contributed by atoms with E-state index in [2.05, 4.69) is 36.4 Å². The van der Waals surface area contributed by atoms with E-state index in [0.29, 0.717) is 42.9 Å². The Morgan fingerprint density at radius 1 is 0.706 bits per heavy atom. The van der Waals surface area contributed by atoms with E-state index in [4.69, 9.17) is 15.3 Å². The molecule has 3 N–H and O–H groups in total. The van der Waals surface area contributed by atoms with Gasteiger partial charge >= 0.3 is 94.2 Å². The fourth-order valence-corrected chi connectivity index (χ4v) is 3.61. The Morgan fingerprint density at radius 3 is 1.26 bits per heavy atom. The third kappa shape index (κ3) is 14.0. The first-order valence-corrected chi connectivity index (χ1v) is 12.9. The van der Waals surface area contributed by atoms with Crippen LogP contribution in [0.4, 0.5) is 14.4 Å². The Balaban J connectivity index is 0. The van der Waals surface area contributed by atoms with E-state index >= 15 is 0 Å². The molecule has 2 rings (SSSR count). The van der Waals surface area contributed by atoms with Crippen molar-refractivity contribution in [1.82, 2.24) is 14.7 Å². The maximum atomic E-state index is 10.1. The molecule has 191 valence electrons. The van der Waals surface area contributed by atoms with Crippen LogP contribution >= 0.6 is 0 Å². The molecule has 0 fully saturated rings. The molecule has 0 saturated carbocycles. The van der Waals surface area contributed by atoms with Gasteiger partial charge in [0.25, 0.3) is 0 Å². The van der Waals surface area contributed by atoms with Crippen LogP contribution in [0, 0.1) is 0 Å². The van der Waals surface area contributed by atoms with E-state index in [1.54, 1.807) is 24.7 Å². The number of carbonyl (C=O) groups is 3. The first-order valence-electron chi connectivity index (χ1n) is 11.5. The molecule has 1 aromatic carbocycles. The zero-order valence-electron chi connectivity index (χ0n) is 21.2. The number of allylic oxidation sites excluding steroid dienone is 1. The number of nitrogens with zero attached hydrogens (tertiary/aromatic N) is 3. The van der Waals surface area contributed by atoms with E-state index in [-0.39, 0.29) is 0 Å². The average Bonchev–Trinajstić information content (AvgIpc) is 3.18. The molecule has 1 aliphatic carbocycles. The Kier molecular flexibility index (Phi) is 20.0. The summed E-state index contributed by atoms with van der Waals surface area (Å²) in [5.41, 5.74) is 2.91. The number of fused-ring (bicyclic) bond motifs is 1. The first-order chi connectivity index (χ1) is 16.0. The van der Waals surface area contributed by atoms with Gasteiger partial charge in [0.1, 0.15) is 0 Å². The molecular formula is C24H40N3O6Zr. The van der Waals surface area contributed by atoms with Gasteiger partial charge in [-0.15, -0.1) is 0 Å². The Labute approximate surface area is 218 Å². The molecule has 0 bridgehead atoms. The molecular weight excluding hydrogens is 518 g/mol. The fraction of sp³-hybridized carbons (Fsp3) is 0.542. The van der Waals surface area contributed by atoms with Gasteiger partial charge in [-0.3, -0.25) is 0 Å². The molecule has 0 saturated heterocycles.